The van der Waals surface area contributed by atoms with Crippen LogP contribution in [0.3, 0.4) is 0 Å². The third kappa shape index (κ3) is 3.36. The monoisotopic (exact) mass is 465 g/mol. The molecule has 2 aliphatic rings. The number of rotatable bonds is 2. The number of hydrogen-bond acceptors (Lipinski definition) is 4. The summed E-state index contributed by atoms with van der Waals surface area (Å²) in [5.74, 6) is -2.92. The number of aromatic nitrogens is 1. The molecule has 2 aliphatic heterocycles. The first-order valence-electron chi connectivity index (χ1n) is 11.4. The van der Waals surface area contributed by atoms with Crippen molar-refractivity contribution in [1.29, 1.82) is 0 Å². The molecule has 0 fully saturated rings. The van der Waals surface area contributed by atoms with Gasteiger partial charge in [-0.05, 0) is 61.9 Å². The van der Waals surface area contributed by atoms with Crippen LogP contribution in [0.1, 0.15) is 59.9 Å². The normalized spacial score (nSPS) is 19.9. The maximum atomic E-state index is 14.6. The van der Waals surface area contributed by atoms with E-state index in [1.165, 1.54) is 29.1 Å². The minimum Gasteiger partial charge on any atom is -0.502 e. The molecule has 0 saturated heterocycles. The molecule has 5 rings (SSSR count). The second-order valence-electron chi connectivity index (χ2n) is 9.06. The van der Waals surface area contributed by atoms with Crippen molar-refractivity contribution < 1.29 is 18.7 Å². The molecule has 2 atom stereocenters. The molecule has 1 N–H and O–H groups in total. The quantitative estimate of drug-likeness (QED) is 0.619. The van der Waals surface area contributed by atoms with E-state index in [0.717, 1.165) is 5.56 Å². The summed E-state index contributed by atoms with van der Waals surface area (Å²) in [4.78, 5) is 27.5. The van der Waals surface area contributed by atoms with Crippen molar-refractivity contribution in [2.45, 2.75) is 51.4 Å². The Morgan fingerprint density at radius 2 is 1.74 bits per heavy atom. The van der Waals surface area contributed by atoms with Crippen molar-refractivity contribution in [3.8, 4) is 5.75 Å². The summed E-state index contributed by atoms with van der Waals surface area (Å²) in [5, 5.41) is 12.5. The van der Waals surface area contributed by atoms with Gasteiger partial charge in [-0.2, -0.15) is 0 Å². The van der Waals surface area contributed by atoms with Crippen LogP contribution in [0, 0.1) is 11.6 Å². The van der Waals surface area contributed by atoms with Crippen LogP contribution in [0.15, 0.2) is 59.5 Å². The second-order valence-corrected chi connectivity index (χ2v) is 9.06. The standard InChI is InChI=1S/C26H25F2N3O3/c1-15(2)30-22-10-6-9-17-13-19(27)20(28)14-18(17)23(16-7-4-3-5-8-16)31(22)29-12-11-21(32)25(33)24(29)26(30)34/h3-5,7-8,11-15,22-23,33H,6,9-10H2,1-2H3. The van der Waals surface area contributed by atoms with E-state index in [1.54, 1.807) is 4.90 Å². The lowest BCUT2D eigenvalue weighted by molar-refractivity contribution is 0.0440. The lowest BCUT2D eigenvalue weighted by Gasteiger charge is -2.52. The first kappa shape index (κ1) is 22.1. The third-order valence-electron chi connectivity index (χ3n) is 6.69. The third-order valence-corrected chi connectivity index (χ3v) is 6.69. The van der Waals surface area contributed by atoms with Crippen LogP contribution in [0.5, 0.6) is 5.75 Å². The average molecular weight is 466 g/mol. The SMILES string of the molecule is CC(C)N1C(=O)c2c(O)c(=O)ccn2N2C(c3ccccc3)c3cc(F)c(F)cc3CCCC12. The van der Waals surface area contributed by atoms with E-state index in [0.29, 0.717) is 30.4 Å². The van der Waals surface area contributed by atoms with Gasteiger partial charge >= 0.3 is 0 Å². The number of hydrogen-bond donors (Lipinski definition) is 1. The number of pyridine rings is 1. The molecule has 0 aliphatic carbocycles. The van der Waals surface area contributed by atoms with Gasteiger partial charge in [-0.3, -0.25) is 19.3 Å². The van der Waals surface area contributed by atoms with Gasteiger partial charge in [0.25, 0.3) is 5.91 Å². The fourth-order valence-corrected chi connectivity index (χ4v) is 5.24. The van der Waals surface area contributed by atoms with E-state index < -0.39 is 40.9 Å². The molecule has 176 valence electrons. The molecule has 0 radical (unpaired) electrons. The number of carbonyl (C=O) groups is 1. The largest absolute Gasteiger partial charge is 0.502 e. The van der Waals surface area contributed by atoms with Crippen molar-refractivity contribution in [3.63, 3.8) is 0 Å². The Morgan fingerprint density at radius 3 is 2.44 bits per heavy atom. The molecule has 1 amide bonds. The number of fused-ring (bicyclic) bond motifs is 4. The van der Waals surface area contributed by atoms with Gasteiger partial charge in [-0.25, -0.2) is 8.78 Å². The molecule has 0 bridgehead atoms. The number of halogens is 2. The van der Waals surface area contributed by atoms with Gasteiger partial charge in [0.15, 0.2) is 23.1 Å². The summed E-state index contributed by atoms with van der Waals surface area (Å²) in [6.07, 6.45) is 2.77. The number of nitrogens with zero attached hydrogens (tertiary/aromatic N) is 3. The van der Waals surface area contributed by atoms with Gasteiger partial charge in [0.05, 0.1) is 6.04 Å². The van der Waals surface area contributed by atoms with Crippen LogP contribution in [0.4, 0.5) is 8.78 Å². The highest BCUT2D eigenvalue weighted by Crippen LogP contribution is 2.40. The maximum Gasteiger partial charge on any atom is 0.278 e. The number of aromatic hydroxyl groups is 1. The summed E-state index contributed by atoms with van der Waals surface area (Å²) >= 11 is 0. The fraction of sp³-hybridized carbons (Fsp3) is 0.308. The predicted molar refractivity (Wildman–Crippen MR) is 123 cm³/mol. The van der Waals surface area contributed by atoms with E-state index in [9.17, 15) is 23.5 Å². The van der Waals surface area contributed by atoms with Crippen LogP contribution in [0.2, 0.25) is 0 Å². The molecule has 0 spiro atoms. The molecule has 2 aromatic carbocycles. The Hall–Kier alpha value is -3.68. The molecule has 3 heterocycles. The topological polar surface area (TPSA) is 65.8 Å². The van der Waals surface area contributed by atoms with Gasteiger partial charge in [0.2, 0.25) is 5.43 Å². The highest BCUT2D eigenvalue weighted by atomic mass is 19.2. The zero-order valence-electron chi connectivity index (χ0n) is 18.9. The summed E-state index contributed by atoms with van der Waals surface area (Å²) < 4.78 is 30.3. The Balaban J connectivity index is 1.86. The molecule has 0 saturated carbocycles. The second kappa shape index (κ2) is 8.27. The lowest BCUT2D eigenvalue weighted by Crippen LogP contribution is -2.64. The zero-order chi connectivity index (χ0) is 24.1. The number of aryl methyl sites for hydroxylation is 1. The summed E-state index contributed by atoms with van der Waals surface area (Å²) in [7, 11) is 0. The lowest BCUT2D eigenvalue weighted by atomic mass is 9.88. The van der Waals surface area contributed by atoms with Crippen LogP contribution in [0.25, 0.3) is 0 Å². The van der Waals surface area contributed by atoms with E-state index >= 15 is 0 Å². The molecule has 34 heavy (non-hydrogen) atoms. The van der Waals surface area contributed by atoms with Crippen molar-refractivity contribution in [2.24, 2.45) is 0 Å². The first-order valence-corrected chi connectivity index (χ1v) is 11.4. The molecular formula is C26H25F2N3O3. The van der Waals surface area contributed by atoms with E-state index in [4.69, 9.17) is 0 Å². The van der Waals surface area contributed by atoms with Gasteiger partial charge in [-0.1, -0.05) is 30.3 Å². The van der Waals surface area contributed by atoms with Gasteiger partial charge in [-0.15, -0.1) is 0 Å². The fourth-order valence-electron chi connectivity index (χ4n) is 5.24. The average Bonchev–Trinajstić information content (AvgIpc) is 2.80. The Bertz CT molecular complexity index is 1320. The van der Waals surface area contributed by atoms with Crippen LogP contribution >= 0.6 is 0 Å². The smallest absolute Gasteiger partial charge is 0.278 e. The molecule has 1 aromatic heterocycles. The van der Waals surface area contributed by atoms with Crippen LogP contribution < -0.4 is 10.4 Å². The van der Waals surface area contributed by atoms with E-state index in [-0.39, 0.29) is 11.7 Å². The highest BCUT2D eigenvalue weighted by Gasteiger charge is 2.45. The Morgan fingerprint density at radius 1 is 1.03 bits per heavy atom. The summed E-state index contributed by atoms with van der Waals surface area (Å²) in [6.45, 7) is 3.76. The molecule has 8 heteroatoms. The van der Waals surface area contributed by atoms with E-state index in [1.807, 2.05) is 49.2 Å². The minimum absolute atomic E-state index is 0.136. The van der Waals surface area contributed by atoms with Crippen molar-refractivity contribution in [2.75, 3.05) is 5.01 Å². The Kier molecular flexibility index (Phi) is 5.38. The number of carbonyl (C=O) groups excluding carboxylic acids is 1. The number of benzene rings is 2. The molecule has 6 nitrogen and oxygen atoms in total. The molecular weight excluding hydrogens is 440 g/mol. The van der Waals surface area contributed by atoms with Gasteiger partial charge in [0.1, 0.15) is 6.17 Å². The summed E-state index contributed by atoms with van der Waals surface area (Å²) in [6, 6.07) is 12.2. The van der Waals surface area contributed by atoms with Crippen molar-refractivity contribution in [1.82, 2.24) is 9.58 Å². The maximum absolute atomic E-state index is 14.6. The van der Waals surface area contributed by atoms with Crippen LogP contribution in [-0.4, -0.2) is 32.8 Å². The first-order chi connectivity index (χ1) is 16.3. The summed E-state index contributed by atoms with van der Waals surface area (Å²) in [5.41, 5.74) is 1.29. The van der Waals surface area contributed by atoms with Crippen LogP contribution in [-0.2, 0) is 6.42 Å². The van der Waals surface area contributed by atoms with Crippen molar-refractivity contribution >= 4 is 5.91 Å². The zero-order valence-corrected chi connectivity index (χ0v) is 18.9. The molecule has 3 aromatic rings. The van der Waals surface area contributed by atoms with Gasteiger partial charge in [0, 0.05) is 18.3 Å². The minimum atomic E-state index is -0.950. The number of amides is 1. The Labute approximate surface area is 195 Å². The van der Waals surface area contributed by atoms with Gasteiger partial charge < -0.3 is 10.0 Å². The predicted octanol–water partition coefficient (Wildman–Crippen LogP) is 4.09. The van der Waals surface area contributed by atoms with E-state index in [2.05, 4.69) is 0 Å². The highest BCUT2D eigenvalue weighted by molar-refractivity contribution is 5.96. The molecule has 2 unspecified atom stereocenters. The van der Waals surface area contributed by atoms with Crippen molar-refractivity contribution in [3.05, 3.63) is 99.0 Å².